The number of carbonyl (C=O) groups is 1. The average Bonchev–Trinajstić information content (AvgIpc) is 3.18. The Morgan fingerprint density at radius 1 is 1.00 bits per heavy atom. The van der Waals surface area contributed by atoms with Crippen LogP contribution >= 0.6 is 0 Å². The third kappa shape index (κ3) is 4.19. The van der Waals surface area contributed by atoms with Gasteiger partial charge in [-0.25, -0.2) is 0 Å². The molecule has 28 heavy (non-hydrogen) atoms. The van der Waals surface area contributed by atoms with Crippen LogP contribution < -0.4 is 4.90 Å². The molecule has 1 aromatic carbocycles. The molecule has 154 valence electrons. The van der Waals surface area contributed by atoms with Crippen molar-refractivity contribution >= 4 is 11.6 Å². The molecule has 4 rings (SSSR count). The molecule has 1 aromatic rings. The smallest absolute Gasteiger partial charge is 0.223 e. The molecule has 0 saturated carbocycles. The quantitative estimate of drug-likeness (QED) is 0.792. The maximum Gasteiger partial charge on any atom is 0.223 e. The van der Waals surface area contributed by atoms with Gasteiger partial charge in [-0.3, -0.25) is 4.79 Å². The number of aryl methyl sites for hydroxylation is 1. The van der Waals surface area contributed by atoms with Crippen LogP contribution in [-0.4, -0.2) is 80.5 Å². The predicted molar refractivity (Wildman–Crippen MR) is 110 cm³/mol. The number of carbonyl (C=O) groups excluding carboxylic acids is 1. The molecule has 0 atom stereocenters. The number of piperazine rings is 1. The second kappa shape index (κ2) is 8.39. The number of nitrogens with zero attached hydrogens (tertiary/aromatic N) is 3. The Bertz CT molecular complexity index is 684. The third-order valence-electron chi connectivity index (χ3n) is 6.62. The summed E-state index contributed by atoms with van der Waals surface area (Å²) in [5.41, 5.74) is 3.98. The van der Waals surface area contributed by atoms with Crippen molar-refractivity contribution < 1.29 is 14.3 Å². The zero-order valence-corrected chi connectivity index (χ0v) is 17.3. The Labute approximate surface area is 168 Å². The highest BCUT2D eigenvalue weighted by Crippen LogP contribution is 2.31. The van der Waals surface area contributed by atoms with Crippen LogP contribution in [0.2, 0.25) is 0 Å². The summed E-state index contributed by atoms with van der Waals surface area (Å²) in [6.07, 6.45) is 2.43. The fourth-order valence-electron chi connectivity index (χ4n) is 4.59. The number of benzene rings is 1. The fraction of sp³-hybridized carbons (Fsp3) is 0.682. The summed E-state index contributed by atoms with van der Waals surface area (Å²) < 4.78 is 11.6. The second-order valence-corrected chi connectivity index (χ2v) is 8.29. The largest absolute Gasteiger partial charge is 0.368 e. The first-order valence-corrected chi connectivity index (χ1v) is 10.7. The lowest BCUT2D eigenvalue weighted by atomic mass is 10.0. The van der Waals surface area contributed by atoms with Gasteiger partial charge in [-0.05, 0) is 31.0 Å². The Balaban J connectivity index is 1.21. The van der Waals surface area contributed by atoms with Crippen molar-refractivity contribution in [1.29, 1.82) is 0 Å². The van der Waals surface area contributed by atoms with Crippen LogP contribution in [0.15, 0.2) is 18.2 Å². The summed E-state index contributed by atoms with van der Waals surface area (Å²) in [5, 5.41) is 0. The Hall–Kier alpha value is -1.63. The number of ether oxygens (including phenoxy) is 2. The first-order chi connectivity index (χ1) is 13.6. The molecule has 0 unspecified atom stereocenters. The lowest BCUT2D eigenvalue weighted by molar-refractivity contribution is -0.185. The van der Waals surface area contributed by atoms with Crippen molar-refractivity contribution in [2.24, 2.45) is 0 Å². The van der Waals surface area contributed by atoms with Gasteiger partial charge >= 0.3 is 0 Å². The molecule has 0 radical (unpaired) electrons. The van der Waals surface area contributed by atoms with E-state index >= 15 is 0 Å². The molecule has 3 aliphatic heterocycles. The van der Waals surface area contributed by atoms with Crippen molar-refractivity contribution in [3.8, 4) is 0 Å². The van der Waals surface area contributed by atoms with Crippen molar-refractivity contribution in [3.63, 3.8) is 0 Å². The third-order valence-corrected chi connectivity index (χ3v) is 6.62. The highest BCUT2D eigenvalue weighted by molar-refractivity contribution is 5.76. The zero-order valence-electron chi connectivity index (χ0n) is 17.3. The van der Waals surface area contributed by atoms with Gasteiger partial charge in [-0.1, -0.05) is 12.1 Å². The molecular formula is C22H33N3O3. The predicted octanol–water partition coefficient (Wildman–Crippen LogP) is 2.18. The van der Waals surface area contributed by atoms with Crippen LogP contribution in [0.4, 0.5) is 5.69 Å². The minimum atomic E-state index is -0.329. The van der Waals surface area contributed by atoms with E-state index in [0.717, 1.165) is 58.7 Å². The molecule has 3 saturated heterocycles. The van der Waals surface area contributed by atoms with E-state index in [4.69, 9.17) is 9.47 Å². The topological polar surface area (TPSA) is 45.2 Å². The van der Waals surface area contributed by atoms with Crippen LogP contribution in [0.1, 0.15) is 30.4 Å². The van der Waals surface area contributed by atoms with Gasteiger partial charge in [0.1, 0.15) is 0 Å². The Morgan fingerprint density at radius 2 is 1.68 bits per heavy atom. The van der Waals surface area contributed by atoms with Gasteiger partial charge in [0.15, 0.2) is 5.79 Å². The number of hydrogen-bond acceptors (Lipinski definition) is 5. The average molecular weight is 388 g/mol. The van der Waals surface area contributed by atoms with Crippen molar-refractivity contribution in [2.75, 3.05) is 63.9 Å². The summed E-state index contributed by atoms with van der Waals surface area (Å²) in [7, 11) is 0. The van der Waals surface area contributed by atoms with Crippen LogP contribution in [-0.2, 0) is 14.3 Å². The summed E-state index contributed by atoms with van der Waals surface area (Å²) in [6.45, 7) is 12.0. The number of rotatable bonds is 4. The first kappa shape index (κ1) is 19.7. The number of hydrogen-bond donors (Lipinski definition) is 0. The lowest BCUT2D eigenvalue weighted by Gasteiger charge is -2.39. The van der Waals surface area contributed by atoms with Crippen LogP contribution in [0.5, 0.6) is 0 Å². The number of piperidine rings is 1. The van der Waals surface area contributed by atoms with Crippen LogP contribution in [0.3, 0.4) is 0 Å². The maximum atomic E-state index is 12.7. The molecule has 0 aromatic heterocycles. The fourth-order valence-corrected chi connectivity index (χ4v) is 4.59. The van der Waals surface area contributed by atoms with E-state index in [0.29, 0.717) is 19.6 Å². The van der Waals surface area contributed by atoms with E-state index in [1.807, 2.05) is 4.90 Å². The van der Waals surface area contributed by atoms with Gasteiger partial charge in [0.2, 0.25) is 5.91 Å². The van der Waals surface area contributed by atoms with Crippen LogP contribution in [0, 0.1) is 13.8 Å². The van der Waals surface area contributed by atoms with Crippen molar-refractivity contribution in [3.05, 3.63) is 29.3 Å². The molecule has 3 heterocycles. The number of likely N-dealkylation sites (tertiary alicyclic amines) is 1. The molecule has 0 bridgehead atoms. The molecule has 0 aliphatic carbocycles. The van der Waals surface area contributed by atoms with Gasteiger partial charge in [0.25, 0.3) is 0 Å². The normalized spacial score (nSPS) is 22.8. The molecule has 6 nitrogen and oxygen atoms in total. The summed E-state index contributed by atoms with van der Waals surface area (Å²) in [4.78, 5) is 19.5. The van der Waals surface area contributed by atoms with E-state index in [-0.39, 0.29) is 11.7 Å². The lowest BCUT2D eigenvalue weighted by Crippen LogP contribution is -2.50. The van der Waals surface area contributed by atoms with E-state index < -0.39 is 0 Å². The van der Waals surface area contributed by atoms with Gasteiger partial charge in [0, 0.05) is 70.8 Å². The molecule has 1 spiro atoms. The molecule has 1 amide bonds. The molecule has 3 fully saturated rings. The van der Waals surface area contributed by atoms with E-state index in [9.17, 15) is 4.79 Å². The minimum absolute atomic E-state index is 0.286. The second-order valence-electron chi connectivity index (χ2n) is 8.29. The van der Waals surface area contributed by atoms with E-state index in [1.54, 1.807) is 0 Å². The van der Waals surface area contributed by atoms with Gasteiger partial charge in [-0.15, -0.1) is 0 Å². The number of anilines is 1. The standard InChI is InChI=1S/C22H33N3O3/c1-18-4-3-5-20(19(18)2)24-12-14-25(15-13-24)21(26)6-9-23-10-7-22(8-11-23)27-16-17-28-22/h3-5H,6-17H2,1-2H3. The molecule has 3 aliphatic rings. The van der Waals surface area contributed by atoms with Gasteiger partial charge < -0.3 is 24.2 Å². The highest BCUT2D eigenvalue weighted by atomic mass is 16.7. The van der Waals surface area contributed by atoms with E-state index in [1.165, 1.54) is 16.8 Å². The zero-order chi connectivity index (χ0) is 19.6. The SMILES string of the molecule is Cc1cccc(N2CCN(C(=O)CCN3CCC4(CC3)OCCO4)CC2)c1C. The van der Waals surface area contributed by atoms with Gasteiger partial charge in [0.05, 0.1) is 13.2 Å². The van der Waals surface area contributed by atoms with Crippen molar-refractivity contribution in [1.82, 2.24) is 9.80 Å². The summed E-state index contributed by atoms with van der Waals surface area (Å²) >= 11 is 0. The first-order valence-electron chi connectivity index (χ1n) is 10.7. The highest BCUT2D eigenvalue weighted by Gasteiger charge is 2.39. The summed E-state index contributed by atoms with van der Waals surface area (Å²) in [6, 6.07) is 6.48. The summed E-state index contributed by atoms with van der Waals surface area (Å²) in [5.74, 6) is -0.0423. The Kier molecular flexibility index (Phi) is 5.90. The van der Waals surface area contributed by atoms with Crippen molar-refractivity contribution in [2.45, 2.75) is 38.9 Å². The minimum Gasteiger partial charge on any atom is -0.368 e. The number of amides is 1. The molecule has 6 heteroatoms. The molecular weight excluding hydrogens is 354 g/mol. The van der Waals surface area contributed by atoms with Gasteiger partial charge in [-0.2, -0.15) is 0 Å². The monoisotopic (exact) mass is 387 g/mol. The molecule has 0 N–H and O–H groups in total. The van der Waals surface area contributed by atoms with E-state index in [2.05, 4.69) is 41.8 Å². The Morgan fingerprint density at radius 3 is 2.36 bits per heavy atom. The van der Waals surface area contributed by atoms with Crippen LogP contribution in [0.25, 0.3) is 0 Å². The maximum absolute atomic E-state index is 12.7.